The van der Waals surface area contributed by atoms with Crippen LogP contribution in [-0.2, 0) is 17.9 Å². The molecule has 4 aromatic rings. The maximum absolute atomic E-state index is 13.2. The van der Waals surface area contributed by atoms with Crippen molar-refractivity contribution in [3.05, 3.63) is 92.9 Å². The molecule has 6 rings (SSSR count). The quantitative estimate of drug-likeness (QED) is 0.224. The number of fused-ring (bicyclic) bond motifs is 2. The smallest absolute Gasteiger partial charge is 0.293 e. The van der Waals surface area contributed by atoms with Crippen LogP contribution in [-0.4, -0.2) is 34.0 Å². The molecule has 0 unspecified atom stereocenters. The number of benzene rings is 3. The summed E-state index contributed by atoms with van der Waals surface area (Å²) < 4.78 is 18.8. The number of rotatable bonds is 7. The number of aromatic nitrogens is 1. The van der Waals surface area contributed by atoms with Crippen molar-refractivity contribution in [1.82, 2.24) is 9.47 Å². The van der Waals surface area contributed by atoms with Crippen LogP contribution in [0.1, 0.15) is 11.1 Å². The topological polar surface area (TPSA) is 70.0 Å². The van der Waals surface area contributed by atoms with Crippen LogP contribution in [0.4, 0.5) is 4.79 Å². The fraction of sp³-hybridized carbons (Fsp3) is 0.143. The molecular formula is C28H20Cl2N2O5S. The average Bonchev–Trinajstić information content (AvgIpc) is 3.58. The van der Waals surface area contributed by atoms with Gasteiger partial charge >= 0.3 is 0 Å². The third kappa shape index (κ3) is 4.82. The third-order valence-electron chi connectivity index (χ3n) is 6.27. The first-order valence-corrected chi connectivity index (χ1v) is 13.3. The summed E-state index contributed by atoms with van der Waals surface area (Å²) in [5.74, 6) is 1.72. The number of thioether (sulfide) groups is 1. The predicted octanol–water partition coefficient (Wildman–Crippen LogP) is 6.99. The second kappa shape index (κ2) is 10.3. The van der Waals surface area contributed by atoms with E-state index >= 15 is 0 Å². The molecule has 1 saturated heterocycles. The van der Waals surface area contributed by atoms with Crippen LogP contribution in [0.2, 0.25) is 10.0 Å². The summed E-state index contributed by atoms with van der Waals surface area (Å²) in [6.07, 6.45) is 3.74. The molecule has 0 spiro atoms. The van der Waals surface area contributed by atoms with E-state index in [1.54, 1.807) is 24.3 Å². The van der Waals surface area contributed by atoms with Gasteiger partial charge in [0.1, 0.15) is 12.4 Å². The Labute approximate surface area is 232 Å². The molecule has 0 atom stereocenters. The van der Waals surface area contributed by atoms with Crippen LogP contribution in [0.5, 0.6) is 17.2 Å². The Morgan fingerprint density at radius 1 is 1.00 bits per heavy atom. The number of carbonyl (C=O) groups excluding carboxylic acids is 2. The zero-order valence-electron chi connectivity index (χ0n) is 19.9. The lowest BCUT2D eigenvalue weighted by Crippen LogP contribution is -2.27. The molecule has 2 amide bonds. The van der Waals surface area contributed by atoms with Gasteiger partial charge in [-0.25, -0.2) is 0 Å². The van der Waals surface area contributed by atoms with Crippen LogP contribution < -0.4 is 14.2 Å². The first-order valence-electron chi connectivity index (χ1n) is 11.8. The number of carbonyl (C=O) groups is 2. The minimum Gasteiger partial charge on any atom is -0.492 e. The molecule has 0 aliphatic carbocycles. The number of halogens is 2. The Morgan fingerprint density at radius 3 is 2.71 bits per heavy atom. The van der Waals surface area contributed by atoms with Crippen molar-refractivity contribution >= 4 is 63.1 Å². The summed E-state index contributed by atoms with van der Waals surface area (Å²) in [7, 11) is 0. The lowest BCUT2D eigenvalue weighted by atomic mass is 10.1. The Morgan fingerprint density at radius 2 is 1.84 bits per heavy atom. The predicted molar refractivity (Wildman–Crippen MR) is 148 cm³/mol. The van der Waals surface area contributed by atoms with Crippen LogP contribution in [0.25, 0.3) is 17.0 Å². The molecule has 1 fully saturated rings. The zero-order chi connectivity index (χ0) is 26.2. The lowest BCUT2D eigenvalue weighted by Gasteiger charge is -2.13. The molecule has 2 aliphatic rings. The normalized spacial score (nSPS) is 15.7. The van der Waals surface area contributed by atoms with Gasteiger partial charge in [0, 0.05) is 38.8 Å². The van der Waals surface area contributed by atoms with E-state index in [-0.39, 0.29) is 24.5 Å². The van der Waals surface area contributed by atoms with Gasteiger partial charge in [-0.3, -0.25) is 14.5 Å². The van der Waals surface area contributed by atoms with Crippen LogP contribution in [0, 0.1) is 0 Å². The van der Waals surface area contributed by atoms with Gasteiger partial charge in [-0.1, -0.05) is 47.5 Å². The molecule has 10 heteroatoms. The van der Waals surface area contributed by atoms with Crippen LogP contribution in [0.3, 0.4) is 0 Å². The van der Waals surface area contributed by atoms with Crippen molar-refractivity contribution in [2.45, 2.75) is 13.1 Å². The number of imide groups is 1. The highest BCUT2D eigenvalue weighted by Gasteiger charge is 2.35. The number of hydrogen-bond donors (Lipinski definition) is 0. The van der Waals surface area contributed by atoms with Gasteiger partial charge < -0.3 is 18.8 Å². The summed E-state index contributed by atoms with van der Waals surface area (Å²) in [6.45, 7) is 1.30. The Bertz CT molecular complexity index is 1620. The summed E-state index contributed by atoms with van der Waals surface area (Å²) in [5.41, 5.74) is 2.50. The van der Waals surface area contributed by atoms with Gasteiger partial charge in [0.2, 0.25) is 6.79 Å². The molecule has 0 bridgehead atoms. The number of para-hydroxylation sites is 1. The Balaban J connectivity index is 1.20. The molecule has 7 nitrogen and oxygen atoms in total. The molecular weight excluding hydrogens is 547 g/mol. The Hall–Kier alpha value is -3.59. The van der Waals surface area contributed by atoms with Crippen molar-refractivity contribution in [2.24, 2.45) is 0 Å². The molecule has 3 heterocycles. The average molecular weight is 567 g/mol. The molecule has 2 aliphatic heterocycles. The highest BCUT2D eigenvalue weighted by atomic mass is 35.5. The van der Waals surface area contributed by atoms with Crippen molar-refractivity contribution in [2.75, 3.05) is 13.4 Å². The van der Waals surface area contributed by atoms with Crippen molar-refractivity contribution in [3.8, 4) is 17.2 Å². The molecule has 3 aromatic carbocycles. The Kier molecular flexibility index (Phi) is 6.69. The van der Waals surface area contributed by atoms with E-state index in [0.717, 1.165) is 28.2 Å². The standard InChI is InChI=1S/C28H20Cl2N2O5S/c29-19-6-5-17(22(30)12-19)15-32-27(33)26(38-28(32)34)11-18-14-31(23-4-2-1-3-21(18)23)9-10-35-20-7-8-24-25(13-20)37-16-36-24/h1-8,11-14H,9-10,15-16H2/b26-11-. The monoisotopic (exact) mass is 566 g/mol. The summed E-state index contributed by atoms with van der Waals surface area (Å²) in [6, 6.07) is 18.4. The molecule has 0 radical (unpaired) electrons. The van der Waals surface area contributed by atoms with Gasteiger partial charge in [-0.05, 0) is 53.7 Å². The van der Waals surface area contributed by atoms with Crippen LogP contribution >= 0.6 is 35.0 Å². The third-order valence-corrected chi connectivity index (χ3v) is 7.76. The summed E-state index contributed by atoms with van der Waals surface area (Å²) >= 11 is 13.2. The van der Waals surface area contributed by atoms with Crippen molar-refractivity contribution in [1.29, 1.82) is 0 Å². The molecule has 1 aromatic heterocycles. The molecule has 192 valence electrons. The van der Waals surface area contributed by atoms with E-state index in [0.29, 0.717) is 50.9 Å². The maximum Gasteiger partial charge on any atom is 0.293 e. The minimum atomic E-state index is -0.353. The lowest BCUT2D eigenvalue weighted by molar-refractivity contribution is -0.123. The second-order valence-electron chi connectivity index (χ2n) is 8.66. The van der Waals surface area contributed by atoms with Gasteiger partial charge in [0.15, 0.2) is 11.5 Å². The molecule has 0 saturated carbocycles. The van der Waals surface area contributed by atoms with Gasteiger partial charge in [-0.2, -0.15) is 0 Å². The van der Waals surface area contributed by atoms with E-state index < -0.39 is 0 Å². The number of ether oxygens (including phenoxy) is 3. The molecule has 38 heavy (non-hydrogen) atoms. The second-order valence-corrected chi connectivity index (χ2v) is 10.5. The van der Waals surface area contributed by atoms with Gasteiger partial charge in [0.25, 0.3) is 11.1 Å². The fourth-order valence-electron chi connectivity index (χ4n) is 4.40. The fourth-order valence-corrected chi connectivity index (χ4v) is 5.70. The first kappa shape index (κ1) is 24.7. The largest absolute Gasteiger partial charge is 0.492 e. The SMILES string of the molecule is O=C1S/C(=C\c2cn(CCOc3ccc4c(c3)OCO4)c3ccccc23)C(=O)N1Cc1ccc(Cl)cc1Cl. The molecule has 0 N–H and O–H groups in total. The van der Waals surface area contributed by atoms with E-state index in [1.807, 2.05) is 48.7 Å². The van der Waals surface area contributed by atoms with E-state index in [1.165, 1.54) is 4.90 Å². The minimum absolute atomic E-state index is 0.0803. The van der Waals surface area contributed by atoms with Gasteiger partial charge in [-0.15, -0.1) is 0 Å². The van der Waals surface area contributed by atoms with Crippen molar-refractivity contribution < 1.29 is 23.8 Å². The number of hydrogen-bond acceptors (Lipinski definition) is 6. The van der Waals surface area contributed by atoms with Crippen LogP contribution in [0.15, 0.2) is 71.8 Å². The number of amides is 2. The highest BCUT2D eigenvalue weighted by molar-refractivity contribution is 8.18. The maximum atomic E-state index is 13.2. The van der Waals surface area contributed by atoms with E-state index in [2.05, 4.69) is 4.57 Å². The van der Waals surface area contributed by atoms with E-state index in [9.17, 15) is 9.59 Å². The summed E-state index contributed by atoms with van der Waals surface area (Å²) in [5, 5.41) is 1.54. The number of nitrogens with zero attached hydrogens (tertiary/aromatic N) is 2. The summed E-state index contributed by atoms with van der Waals surface area (Å²) in [4.78, 5) is 27.4. The highest BCUT2D eigenvalue weighted by Crippen LogP contribution is 2.37. The first-order chi connectivity index (χ1) is 18.5. The van der Waals surface area contributed by atoms with Gasteiger partial charge in [0.05, 0.1) is 18.0 Å². The zero-order valence-corrected chi connectivity index (χ0v) is 22.2. The van der Waals surface area contributed by atoms with Crippen molar-refractivity contribution in [3.63, 3.8) is 0 Å². The van der Waals surface area contributed by atoms with E-state index in [4.69, 9.17) is 37.4 Å².